The van der Waals surface area contributed by atoms with Crippen molar-refractivity contribution < 1.29 is 19.8 Å². The molecule has 3 N–H and O–H groups in total. The molecule has 0 radical (unpaired) electrons. The molecule has 0 fully saturated rings. The van der Waals surface area contributed by atoms with Crippen LogP contribution < -0.4 is 5.32 Å². The fourth-order valence-corrected chi connectivity index (χ4v) is 2.78. The zero-order valence-corrected chi connectivity index (χ0v) is 14.5. The molecule has 8 heteroatoms. The maximum absolute atomic E-state index is 12.6. The first-order valence-electron chi connectivity index (χ1n) is 8.23. The largest absolute Gasteiger partial charge is 0.493 e. The third kappa shape index (κ3) is 4.12. The average Bonchev–Trinajstić information content (AvgIpc) is 3.04. The van der Waals surface area contributed by atoms with Crippen molar-refractivity contribution in [1.29, 1.82) is 0 Å². The second-order valence-electron chi connectivity index (χ2n) is 5.99. The summed E-state index contributed by atoms with van der Waals surface area (Å²) in [6.07, 6.45) is 2.81. The van der Waals surface area contributed by atoms with Gasteiger partial charge in [0.25, 0.3) is 5.91 Å². The van der Waals surface area contributed by atoms with Gasteiger partial charge in [-0.05, 0) is 30.2 Å². The summed E-state index contributed by atoms with van der Waals surface area (Å²) < 4.78 is 1.20. The Balaban J connectivity index is 1.86. The van der Waals surface area contributed by atoms with E-state index in [1.807, 2.05) is 19.1 Å². The van der Waals surface area contributed by atoms with E-state index < -0.39 is 17.9 Å². The highest BCUT2D eigenvalue weighted by Crippen LogP contribution is 2.22. The van der Waals surface area contributed by atoms with Crippen LogP contribution in [0.5, 0.6) is 5.88 Å². The molecular weight excluding hydrogens is 348 g/mol. The third-order valence-corrected chi connectivity index (χ3v) is 4.08. The van der Waals surface area contributed by atoms with Crippen molar-refractivity contribution in [3.8, 4) is 11.6 Å². The topological polar surface area (TPSA) is 117 Å². The van der Waals surface area contributed by atoms with Crippen molar-refractivity contribution in [2.45, 2.75) is 19.4 Å². The Morgan fingerprint density at radius 1 is 1.19 bits per heavy atom. The number of pyridine rings is 1. The van der Waals surface area contributed by atoms with Gasteiger partial charge in [-0.2, -0.15) is 5.10 Å². The number of amides is 1. The molecule has 0 aliphatic heterocycles. The number of carboxylic acid groups (broad SMARTS) is 1. The molecule has 3 rings (SSSR count). The molecule has 8 nitrogen and oxygen atoms in total. The normalized spacial score (nSPS) is 11.7. The van der Waals surface area contributed by atoms with Crippen molar-refractivity contribution in [2.24, 2.45) is 0 Å². The SMILES string of the molecule is Cc1ccccc1[C@H](CC(=O)O)NC(=O)c1cc(O)n(-c2ccncc2)n1. The van der Waals surface area contributed by atoms with Gasteiger partial charge in [0.2, 0.25) is 5.88 Å². The Bertz CT molecular complexity index is 969. The van der Waals surface area contributed by atoms with Gasteiger partial charge in [-0.25, -0.2) is 4.68 Å². The van der Waals surface area contributed by atoms with Gasteiger partial charge < -0.3 is 15.5 Å². The van der Waals surface area contributed by atoms with E-state index in [0.29, 0.717) is 11.3 Å². The highest BCUT2D eigenvalue weighted by Gasteiger charge is 2.22. The molecule has 0 aliphatic rings. The van der Waals surface area contributed by atoms with Crippen LogP contribution in [-0.2, 0) is 4.79 Å². The molecule has 1 aromatic carbocycles. The number of aromatic hydroxyl groups is 1. The summed E-state index contributed by atoms with van der Waals surface area (Å²) >= 11 is 0. The molecule has 0 spiro atoms. The maximum Gasteiger partial charge on any atom is 0.305 e. The van der Waals surface area contributed by atoms with Crippen molar-refractivity contribution in [3.63, 3.8) is 0 Å². The lowest BCUT2D eigenvalue weighted by atomic mass is 9.98. The zero-order valence-electron chi connectivity index (χ0n) is 14.5. The fourth-order valence-electron chi connectivity index (χ4n) is 2.78. The number of rotatable bonds is 6. The van der Waals surface area contributed by atoms with Crippen LogP contribution in [0.25, 0.3) is 5.69 Å². The number of nitrogens with one attached hydrogen (secondary N) is 1. The van der Waals surface area contributed by atoms with Crippen molar-refractivity contribution in [3.05, 3.63) is 71.7 Å². The predicted molar refractivity (Wildman–Crippen MR) is 96.7 cm³/mol. The smallest absolute Gasteiger partial charge is 0.305 e. The van der Waals surface area contributed by atoms with Crippen LogP contribution >= 0.6 is 0 Å². The average molecular weight is 366 g/mol. The summed E-state index contributed by atoms with van der Waals surface area (Å²) in [5, 5.41) is 26.1. The first kappa shape index (κ1) is 18.1. The van der Waals surface area contributed by atoms with Crippen LogP contribution in [0.4, 0.5) is 0 Å². The van der Waals surface area contributed by atoms with Gasteiger partial charge in [0.1, 0.15) is 0 Å². The van der Waals surface area contributed by atoms with Crippen LogP contribution in [0.1, 0.15) is 34.1 Å². The molecule has 27 heavy (non-hydrogen) atoms. The highest BCUT2D eigenvalue weighted by atomic mass is 16.4. The van der Waals surface area contributed by atoms with Crippen LogP contribution in [0.15, 0.2) is 54.9 Å². The molecule has 2 heterocycles. The molecule has 138 valence electrons. The second-order valence-corrected chi connectivity index (χ2v) is 5.99. The number of aryl methyl sites for hydroxylation is 1. The van der Waals surface area contributed by atoms with Crippen LogP contribution in [0, 0.1) is 6.92 Å². The van der Waals surface area contributed by atoms with Gasteiger partial charge >= 0.3 is 5.97 Å². The molecular formula is C19H18N4O4. The van der Waals surface area contributed by atoms with Gasteiger partial charge in [0.15, 0.2) is 5.69 Å². The Labute approximate surface area is 155 Å². The summed E-state index contributed by atoms with van der Waals surface area (Å²) in [5.41, 5.74) is 2.11. The minimum Gasteiger partial charge on any atom is -0.493 e. The molecule has 2 aromatic heterocycles. The molecule has 1 atom stereocenters. The van der Waals surface area contributed by atoms with Gasteiger partial charge in [-0.1, -0.05) is 24.3 Å². The number of carbonyl (C=O) groups excluding carboxylic acids is 1. The molecule has 0 bridgehead atoms. The van der Waals surface area contributed by atoms with Gasteiger partial charge in [0.05, 0.1) is 18.2 Å². The third-order valence-electron chi connectivity index (χ3n) is 4.08. The number of benzene rings is 1. The first-order valence-corrected chi connectivity index (χ1v) is 8.23. The van der Waals surface area contributed by atoms with E-state index in [1.165, 1.54) is 23.1 Å². The van der Waals surface area contributed by atoms with Crippen molar-refractivity contribution in [1.82, 2.24) is 20.1 Å². The van der Waals surface area contributed by atoms with E-state index in [0.717, 1.165) is 5.56 Å². The molecule has 3 aromatic rings. The molecule has 0 saturated carbocycles. The summed E-state index contributed by atoms with van der Waals surface area (Å²) in [6.45, 7) is 1.85. The lowest BCUT2D eigenvalue weighted by molar-refractivity contribution is -0.137. The zero-order chi connectivity index (χ0) is 19.4. The quantitative estimate of drug-likeness (QED) is 0.616. The summed E-state index contributed by atoms with van der Waals surface area (Å²) in [4.78, 5) is 27.7. The molecule has 0 saturated heterocycles. The van der Waals surface area contributed by atoms with E-state index in [9.17, 15) is 19.8 Å². The van der Waals surface area contributed by atoms with E-state index >= 15 is 0 Å². The molecule has 0 unspecified atom stereocenters. The second kappa shape index (κ2) is 7.69. The van der Waals surface area contributed by atoms with Crippen molar-refractivity contribution >= 4 is 11.9 Å². The number of hydrogen-bond donors (Lipinski definition) is 3. The van der Waals surface area contributed by atoms with Crippen molar-refractivity contribution in [2.75, 3.05) is 0 Å². The Hall–Kier alpha value is -3.68. The minimum absolute atomic E-state index is 0.0201. The van der Waals surface area contributed by atoms with Crippen LogP contribution in [0.3, 0.4) is 0 Å². The van der Waals surface area contributed by atoms with Gasteiger partial charge in [-0.3, -0.25) is 14.6 Å². The van der Waals surface area contributed by atoms with E-state index in [2.05, 4.69) is 15.4 Å². The highest BCUT2D eigenvalue weighted by molar-refractivity contribution is 5.93. The number of carbonyl (C=O) groups is 2. The number of aliphatic carboxylic acids is 1. The minimum atomic E-state index is -1.03. The van der Waals surface area contributed by atoms with E-state index in [4.69, 9.17) is 0 Å². The van der Waals surface area contributed by atoms with E-state index in [1.54, 1.807) is 24.3 Å². The number of nitrogens with zero attached hydrogens (tertiary/aromatic N) is 3. The van der Waals surface area contributed by atoms with Crippen LogP contribution in [-0.4, -0.2) is 36.9 Å². The van der Waals surface area contributed by atoms with E-state index in [-0.39, 0.29) is 18.0 Å². The molecule has 1 amide bonds. The standard InChI is InChI=1S/C19H18N4O4/c1-12-4-2-3-5-14(12)15(11-18(25)26)21-19(27)16-10-17(24)23(22-16)13-6-8-20-9-7-13/h2-10,15,24H,11H2,1H3,(H,21,27)(H,25,26)/t15-/m0/s1. The Morgan fingerprint density at radius 3 is 2.56 bits per heavy atom. The number of aromatic nitrogens is 3. The lowest BCUT2D eigenvalue weighted by Crippen LogP contribution is -2.31. The maximum atomic E-state index is 12.6. The monoisotopic (exact) mass is 366 g/mol. The number of carboxylic acids is 1. The summed E-state index contributed by atoms with van der Waals surface area (Å²) in [7, 11) is 0. The molecule has 0 aliphatic carbocycles. The van der Waals surface area contributed by atoms with Crippen LogP contribution in [0.2, 0.25) is 0 Å². The Morgan fingerprint density at radius 2 is 1.89 bits per heavy atom. The Kier molecular flexibility index (Phi) is 5.16. The van der Waals surface area contributed by atoms with Gasteiger partial charge in [-0.15, -0.1) is 0 Å². The number of hydrogen-bond acceptors (Lipinski definition) is 5. The summed E-state index contributed by atoms with van der Waals surface area (Å²) in [5.74, 6) is -1.82. The fraction of sp³-hybridized carbons (Fsp3) is 0.158. The lowest BCUT2D eigenvalue weighted by Gasteiger charge is -2.18. The summed E-state index contributed by atoms with van der Waals surface area (Å²) in [6, 6.07) is 11.0. The predicted octanol–water partition coefficient (Wildman–Crippen LogP) is 2.23. The van der Waals surface area contributed by atoms with Gasteiger partial charge in [0, 0.05) is 18.5 Å². The first-order chi connectivity index (χ1) is 13.0.